The second kappa shape index (κ2) is 4.23. The number of rotatable bonds is 1. The Morgan fingerprint density at radius 1 is 1.00 bits per heavy atom. The quantitative estimate of drug-likeness (QED) is 0.727. The maximum atomic E-state index is 5.94. The zero-order valence-corrected chi connectivity index (χ0v) is 10.1. The summed E-state index contributed by atoms with van der Waals surface area (Å²) in [6, 6.07) is 9.07. The molecule has 3 rings (SSSR count). The lowest BCUT2D eigenvalue weighted by Gasteiger charge is -2.05. The first-order valence-electron chi connectivity index (χ1n) is 5.37. The third-order valence-corrected chi connectivity index (χ3v) is 2.86. The van der Waals surface area contributed by atoms with Gasteiger partial charge in [-0.05, 0) is 30.3 Å². The Balaban J connectivity index is 2.25. The van der Waals surface area contributed by atoms with Gasteiger partial charge in [-0.2, -0.15) is 0 Å². The van der Waals surface area contributed by atoms with E-state index in [1.165, 1.54) is 0 Å². The monoisotopic (exact) mass is 256 g/mol. The maximum Gasteiger partial charge on any atom is 0.162 e. The molecule has 0 amide bonds. The van der Waals surface area contributed by atoms with Crippen molar-refractivity contribution >= 4 is 28.3 Å². The number of nitrogens with zero attached hydrogens (tertiary/aromatic N) is 3. The number of pyridine rings is 1. The number of aromatic nitrogens is 3. The van der Waals surface area contributed by atoms with Crippen LogP contribution in [0.5, 0.6) is 0 Å². The number of hydrogen-bond acceptors (Lipinski definition) is 4. The van der Waals surface area contributed by atoms with E-state index in [-0.39, 0.29) is 0 Å². The average Bonchev–Trinajstić information content (AvgIpc) is 2.40. The van der Waals surface area contributed by atoms with Crippen LogP contribution in [0.2, 0.25) is 5.02 Å². The molecule has 1 aromatic carbocycles. The highest BCUT2D eigenvalue weighted by Crippen LogP contribution is 2.25. The van der Waals surface area contributed by atoms with Crippen LogP contribution in [-0.4, -0.2) is 15.0 Å². The number of nitrogen functional groups attached to an aromatic ring is 1. The van der Waals surface area contributed by atoms with E-state index < -0.39 is 0 Å². The van der Waals surface area contributed by atoms with E-state index >= 15 is 0 Å². The molecule has 18 heavy (non-hydrogen) atoms. The number of halogens is 1. The van der Waals surface area contributed by atoms with E-state index in [2.05, 4.69) is 15.0 Å². The lowest BCUT2D eigenvalue weighted by molar-refractivity contribution is 1.22. The first-order chi connectivity index (χ1) is 8.74. The molecule has 0 unspecified atom stereocenters. The molecule has 0 aliphatic rings. The van der Waals surface area contributed by atoms with Crippen molar-refractivity contribution in [3.05, 3.63) is 47.7 Å². The maximum absolute atomic E-state index is 5.94. The van der Waals surface area contributed by atoms with Gasteiger partial charge in [-0.15, -0.1) is 0 Å². The number of hydrogen-bond donors (Lipinski definition) is 1. The Bertz CT molecular complexity index is 713. The highest BCUT2D eigenvalue weighted by molar-refractivity contribution is 6.31. The van der Waals surface area contributed by atoms with Crippen molar-refractivity contribution in [1.82, 2.24) is 15.0 Å². The van der Waals surface area contributed by atoms with E-state index in [9.17, 15) is 0 Å². The molecule has 4 nitrogen and oxygen atoms in total. The molecule has 3 aromatic rings. The number of benzene rings is 1. The predicted octanol–water partition coefficient (Wildman–Crippen LogP) is 2.93. The topological polar surface area (TPSA) is 64.7 Å². The Hall–Kier alpha value is -2.20. The molecule has 0 spiro atoms. The average molecular weight is 257 g/mol. The molecule has 2 N–H and O–H groups in total. The Labute approximate surface area is 108 Å². The molecule has 0 aliphatic carbocycles. The van der Waals surface area contributed by atoms with Crippen LogP contribution in [0, 0.1) is 0 Å². The summed E-state index contributed by atoms with van der Waals surface area (Å²) < 4.78 is 0. The third-order valence-electron chi connectivity index (χ3n) is 2.63. The standard InChI is InChI=1S/C13H9ClN4/c14-9-1-2-11-10(7-9)12(15)18-13(17-11)8-3-5-16-6-4-8/h1-7H,(H2,15,17,18). The second-order valence-electron chi connectivity index (χ2n) is 3.83. The van der Waals surface area contributed by atoms with Crippen molar-refractivity contribution < 1.29 is 0 Å². The minimum atomic E-state index is 0.425. The van der Waals surface area contributed by atoms with Gasteiger partial charge in [-0.25, -0.2) is 9.97 Å². The van der Waals surface area contributed by atoms with Crippen LogP contribution >= 0.6 is 11.6 Å². The fourth-order valence-electron chi connectivity index (χ4n) is 1.75. The summed E-state index contributed by atoms with van der Waals surface area (Å²) in [4.78, 5) is 12.7. The first kappa shape index (κ1) is 10.9. The molecule has 88 valence electrons. The zero-order chi connectivity index (χ0) is 12.5. The molecule has 0 fully saturated rings. The van der Waals surface area contributed by atoms with Gasteiger partial charge in [0.05, 0.1) is 5.52 Å². The highest BCUT2D eigenvalue weighted by atomic mass is 35.5. The molecule has 2 heterocycles. The Morgan fingerprint density at radius 2 is 1.78 bits per heavy atom. The SMILES string of the molecule is Nc1nc(-c2ccncc2)nc2ccc(Cl)cc12. The second-order valence-corrected chi connectivity index (χ2v) is 4.27. The van der Waals surface area contributed by atoms with Gasteiger partial charge in [0.1, 0.15) is 5.82 Å². The van der Waals surface area contributed by atoms with Gasteiger partial charge in [0.25, 0.3) is 0 Å². The molecule has 0 aliphatic heterocycles. The largest absolute Gasteiger partial charge is 0.383 e. The predicted molar refractivity (Wildman–Crippen MR) is 72.2 cm³/mol. The lowest BCUT2D eigenvalue weighted by atomic mass is 10.2. The molecular weight excluding hydrogens is 248 g/mol. The Kier molecular flexibility index (Phi) is 2.57. The number of anilines is 1. The fraction of sp³-hybridized carbons (Fsp3) is 0. The first-order valence-corrected chi connectivity index (χ1v) is 5.75. The molecular formula is C13H9ClN4. The minimum Gasteiger partial charge on any atom is -0.383 e. The van der Waals surface area contributed by atoms with Crippen LogP contribution < -0.4 is 5.73 Å². The van der Waals surface area contributed by atoms with E-state index in [1.54, 1.807) is 24.5 Å². The minimum absolute atomic E-state index is 0.425. The van der Waals surface area contributed by atoms with Gasteiger partial charge in [0.15, 0.2) is 5.82 Å². The summed E-state index contributed by atoms with van der Waals surface area (Å²) in [6.07, 6.45) is 3.39. The van der Waals surface area contributed by atoms with Crippen LogP contribution in [0.4, 0.5) is 5.82 Å². The van der Waals surface area contributed by atoms with Gasteiger partial charge in [-0.3, -0.25) is 4.98 Å². The van der Waals surface area contributed by atoms with Crippen LogP contribution in [0.1, 0.15) is 0 Å². The molecule has 0 radical (unpaired) electrons. The summed E-state index contributed by atoms with van der Waals surface area (Å²) in [5.74, 6) is 1.01. The lowest BCUT2D eigenvalue weighted by Crippen LogP contribution is -1.97. The van der Waals surface area contributed by atoms with Gasteiger partial charge in [0.2, 0.25) is 0 Å². The van der Waals surface area contributed by atoms with Crippen LogP contribution in [-0.2, 0) is 0 Å². The summed E-state index contributed by atoms with van der Waals surface area (Å²) in [6.45, 7) is 0. The summed E-state index contributed by atoms with van der Waals surface area (Å²) in [7, 11) is 0. The molecule has 0 saturated heterocycles. The number of fused-ring (bicyclic) bond motifs is 1. The van der Waals surface area contributed by atoms with Gasteiger partial charge >= 0.3 is 0 Å². The number of nitrogens with two attached hydrogens (primary N) is 1. The third kappa shape index (κ3) is 1.87. The van der Waals surface area contributed by atoms with E-state index in [4.69, 9.17) is 17.3 Å². The van der Waals surface area contributed by atoms with Crippen LogP contribution in [0.3, 0.4) is 0 Å². The van der Waals surface area contributed by atoms with Crippen molar-refractivity contribution in [1.29, 1.82) is 0 Å². The normalized spacial score (nSPS) is 10.7. The molecule has 5 heteroatoms. The van der Waals surface area contributed by atoms with Crippen molar-refractivity contribution in [2.75, 3.05) is 5.73 Å². The van der Waals surface area contributed by atoms with Crippen LogP contribution in [0.25, 0.3) is 22.3 Å². The summed E-state index contributed by atoms with van der Waals surface area (Å²) >= 11 is 5.93. The summed E-state index contributed by atoms with van der Waals surface area (Å²) in [5.41, 5.74) is 7.60. The smallest absolute Gasteiger partial charge is 0.162 e. The van der Waals surface area contributed by atoms with Crippen molar-refractivity contribution in [2.24, 2.45) is 0 Å². The van der Waals surface area contributed by atoms with E-state index in [0.29, 0.717) is 16.7 Å². The van der Waals surface area contributed by atoms with Gasteiger partial charge in [0, 0.05) is 28.4 Å². The highest BCUT2D eigenvalue weighted by Gasteiger charge is 2.07. The molecule has 0 atom stereocenters. The van der Waals surface area contributed by atoms with E-state index in [0.717, 1.165) is 16.5 Å². The molecule has 0 saturated carbocycles. The van der Waals surface area contributed by atoms with Crippen molar-refractivity contribution in [2.45, 2.75) is 0 Å². The van der Waals surface area contributed by atoms with Crippen molar-refractivity contribution in [3.8, 4) is 11.4 Å². The van der Waals surface area contributed by atoms with Gasteiger partial charge < -0.3 is 5.73 Å². The Morgan fingerprint density at radius 3 is 2.56 bits per heavy atom. The molecule has 2 aromatic heterocycles. The van der Waals surface area contributed by atoms with Crippen LogP contribution in [0.15, 0.2) is 42.7 Å². The fourth-order valence-corrected chi connectivity index (χ4v) is 1.93. The van der Waals surface area contributed by atoms with Crippen molar-refractivity contribution in [3.63, 3.8) is 0 Å². The van der Waals surface area contributed by atoms with Gasteiger partial charge in [-0.1, -0.05) is 11.6 Å². The zero-order valence-electron chi connectivity index (χ0n) is 9.34. The van der Waals surface area contributed by atoms with E-state index in [1.807, 2.05) is 18.2 Å². The summed E-state index contributed by atoms with van der Waals surface area (Å²) in [5, 5.41) is 1.38. The molecule has 0 bridgehead atoms.